The van der Waals surface area contributed by atoms with Crippen molar-refractivity contribution in [2.75, 3.05) is 0 Å². The van der Waals surface area contributed by atoms with E-state index < -0.39 is 11.9 Å². The highest BCUT2D eigenvalue weighted by molar-refractivity contribution is 5.91. The van der Waals surface area contributed by atoms with Crippen LogP contribution in [0.25, 0.3) is 0 Å². The molecule has 0 heterocycles. The van der Waals surface area contributed by atoms with Gasteiger partial charge in [0.25, 0.3) is 0 Å². The summed E-state index contributed by atoms with van der Waals surface area (Å²) in [6.07, 6.45) is 8.77. The minimum absolute atomic E-state index is 0.0542. The molecule has 0 aromatic carbocycles. The third-order valence-electron chi connectivity index (χ3n) is 6.81. The first-order chi connectivity index (χ1) is 13.2. The maximum Gasteiger partial charge on any atom is 0.331 e. The molecule has 0 aromatic rings. The van der Waals surface area contributed by atoms with Crippen molar-refractivity contribution >= 4 is 11.9 Å². The van der Waals surface area contributed by atoms with Gasteiger partial charge in [-0.15, -0.1) is 0 Å². The van der Waals surface area contributed by atoms with Crippen LogP contribution in [0.1, 0.15) is 80.1 Å². The first-order valence-electron chi connectivity index (χ1n) is 11.3. The molecule has 0 aliphatic heterocycles. The summed E-state index contributed by atoms with van der Waals surface area (Å²) in [5.74, 6) is 2.05. The fourth-order valence-corrected chi connectivity index (χ4v) is 5.01. The fourth-order valence-electron chi connectivity index (χ4n) is 5.01. The van der Waals surface area contributed by atoms with E-state index in [4.69, 9.17) is 9.47 Å². The van der Waals surface area contributed by atoms with Gasteiger partial charge >= 0.3 is 11.9 Å². The molecule has 0 amide bonds. The van der Waals surface area contributed by atoms with Crippen LogP contribution in [0, 0.1) is 35.5 Å². The van der Waals surface area contributed by atoms with Crippen LogP contribution in [-0.2, 0) is 19.1 Å². The van der Waals surface area contributed by atoms with Crippen LogP contribution in [0.2, 0.25) is 0 Å². The van der Waals surface area contributed by atoms with E-state index in [0.717, 1.165) is 25.7 Å². The van der Waals surface area contributed by atoms with Crippen LogP contribution >= 0.6 is 0 Å². The molecular weight excluding hydrogens is 352 g/mol. The molecule has 2 aliphatic rings. The molecular formula is C24H40O4. The molecule has 0 N–H and O–H groups in total. The SMILES string of the molecule is CC(C)[C@H]1CC[C@H](C)C[C@H]1OC(=O)/C=C/C(=O)O[C@@H]1C[C@@H](C)CC[C@@H]1C(C)C. The highest BCUT2D eigenvalue weighted by Crippen LogP contribution is 2.36. The van der Waals surface area contributed by atoms with Gasteiger partial charge in [0.15, 0.2) is 0 Å². The predicted octanol–water partition coefficient (Wildman–Crippen LogP) is 5.55. The largest absolute Gasteiger partial charge is 0.459 e. The first kappa shape index (κ1) is 23.0. The van der Waals surface area contributed by atoms with Crippen LogP contribution in [0.15, 0.2) is 12.2 Å². The van der Waals surface area contributed by atoms with Crippen LogP contribution in [-0.4, -0.2) is 24.1 Å². The molecule has 0 aromatic heterocycles. The Bertz CT molecular complexity index is 503. The summed E-state index contributed by atoms with van der Waals surface area (Å²) in [7, 11) is 0. The van der Waals surface area contributed by atoms with Crippen LogP contribution in [0.4, 0.5) is 0 Å². The van der Waals surface area contributed by atoms with Crippen molar-refractivity contribution in [3.05, 3.63) is 12.2 Å². The molecule has 2 aliphatic carbocycles. The van der Waals surface area contributed by atoms with Crippen LogP contribution in [0.3, 0.4) is 0 Å². The second-order valence-corrected chi connectivity index (χ2v) is 9.94. The number of ether oxygens (including phenoxy) is 2. The van der Waals surface area contributed by atoms with Gasteiger partial charge in [-0.05, 0) is 61.2 Å². The van der Waals surface area contributed by atoms with E-state index >= 15 is 0 Å². The summed E-state index contributed by atoms with van der Waals surface area (Å²) in [6, 6.07) is 0. The Balaban J connectivity index is 1.89. The van der Waals surface area contributed by atoms with E-state index in [0.29, 0.717) is 35.5 Å². The molecule has 0 radical (unpaired) electrons. The quantitative estimate of drug-likeness (QED) is 0.439. The number of carbonyl (C=O) groups is 2. The van der Waals surface area contributed by atoms with E-state index in [1.165, 1.54) is 25.0 Å². The Morgan fingerprint density at radius 3 is 1.39 bits per heavy atom. The van der Waals surface area contributed by atoms with Gasteiger partial charge in [-0.25, -0.2) is 9.59 Å². The zero-order valence-electron chi connectivity index (χ0n) is 18.6. The Labute approximate surface area is 171 Å². The van der Waals surface area contributed by atoms with Crippen molar-refractivity contribution in [3.8, 4) is 0 Å². The molecule has 2 fully saturated rings. The fraction of sp³-hybridized carbons (Fsp3) is 0.833. The van der Waals surface area contributed by atoms with E-state index in [2.05, 4.69) is 41.5 Å². The molecule has 0 bridgehead atoms. The molecule has 0 spiro atoms. The number of hydrogen-bond donors (Lipinski definition) is 0. The summed E-state index contributed by atoms with van der Waals surface area (Å²) in [5, 5.41) is 0. The minimum atomic E-state index is -0.431. The molecule has 6 atom stereocenters. The predicted molar refractivity (Wildman–Crippen MR) is 112 cm³/mol. The van der Waals surface area contributed by atoms with Crippen molar-refractivity contribution in [2.45, 2.75) is 92.3 Å². The van der Waals surface area contributed by atoms with Crippen molar-refractivity contribution in [3.63, 3.8) is 0 Å². The highest BCUT2D eigenvalue weighted by atomic mass is 16.5. The standard InChI is InChI=1S/C24H40O4/c1-15(2)19-9-7-17(5)13-21(19)27-23(25)11-12-24(26)28-22-14-18(6)8-10-20(22)16(3)4/h11-12,15-22H,7-10,13-14H2,1-6H3/b12-11+/t17-,18-,19+,20+,21+,22+/m0/s1. The summed E-state index contributed by atoms with van der Waals surface area (Å²) >= 11 is 0. The number of carbonyl (C=O) groups excluding carboxylic acids is 2. The van der Waals surface area contributed by atoms with Crippen molar-refractivity contribution in [1.82, 2.24) is 0 Å². The van der Waals surface area contributed by atoms with Gasteiger partial charge in [-0.1, -0.05) is 54.4 Å². The Hall–Kier alpha value is -1.32. The van der Waals surface area contributed by atoms with Gasteiger partial charge in [0.1, 0.15) is 12.2 Å². The van der Waals surface area contributed by atoms with Crippen molar-refractivity contribution < 1.29 is 19.1 Å². The van der Waals surface area contributed by atoms with E-state index in [1.54, 1.807) is 0 Å². The molecule has 160 valence electrons. The lowest BCUT2D eigenvalue weighted by atomic mass is 9.75. The van der Waals surface area contributed by atoms with Gasteiger partial charge in [-0.3, -0.25) is 0 Å². The zero-order valence-corrected chi connectivity index (χ0v) is 18.6. The van der Waals surface area contributed by atoms with Crippen LogP contribution in [0.5, 0.6) is 0 Å². The lowest BCUT2D eigenvalue weighted by Crippen LogP contribution is -2.36. The monoisotopic (exact) mass is 392 g/mol. The average molecular weight is 393 g/mol. The third kappa shape index (κ3) is 6.63. The first-order valence-corrected chi connectivity index (χ1v) is 11.3. The molecule has 2 rings (SSSR count). The van der Waals surface area contributed by atoms with Gasteiger partial charge in [0.2, 0.25) is 0 Å². The Kier molecular flexibility index (Phi) is 8.57. The lowest BCUT2D eigenvalue weighted by molar-refractivity contribution is -0.152. The van der Waals surface area contributed by atoms with Gasteiger partial charge < -0.3 is 9.47 Å². The van der Waals surface area contributed by atoms with Crippen molar-refractivity contribution in [1.29, 1.82) is 0 Å². The molecule has 0 unspecified atom stereocenters. The summed E-state index contributed by atoms with van der Waals surface area (Å²) in [5.41, 5.74) is 0. The smallest absolute Gasteiger partial charge is 0.331 e. The molecule has 4 nitrogen and oxygen atoms in total. The van der Waals surface area contributed by atoms with Gasteiger partial charge in [0.05, 0.1) is 0 Å². The van der Waals surface area contributed by atoms with E-state index in [1.807, 2.05) is 0 Å². The number of hydrogen-bond acceptors (Lipinski definition) is 4. The zero-order chi connectivity index (χ0) is 20.8. The second-order valence-electron chi connectivity index (χ2n) is 9.94. The molecule has 4 heteroatoms. The number of rotatable bonds is 6. The summed E-state index contributed by atoms with van der Waals surface area (Å²) in [6.45, 7) is 13.2. The van der Waals surface area contributed by atoms with Gasteiger partial charge in [0, 0.05) is 12.2 Å². The summed E-state index contributed by atoms with van der Waals surface area (Å²) < 4.78 is 11.4. The highest BCUT2D eigenvalue weighted by Gasteiger charge is 2.34. The van der Waals surface area contributed by atoms with E-state index in [9.17, 15) is 9.59 Å². The summed E-state index contributed by atoms with van der Waals surface area (Å²) in [4.78, 5) is 24.6. The minimum Gasteiger partial charge on any atom is -0.459 e. The second kappa shape index (κ2) is 10.5. The maximum atomic E-state index is 12.3. The van der Waals surface area contributed by atoms with Crippen molar-refractivity contribution in [2.24, 2.45) is 35.5 Å². The van der Waals surface area contributed by atoms with E-state index in [-0.39, 0.29) is 12.2 Å². The van der Waals surface area contributed by atoms with Gasteiger partial charge in [-0.2, -0.15) is 0 Å². The average Bonchev–Trinajstić information content (AvgIpc) is 2.59. The Morgan fingerprint density at radius 1 is 0.714 bits per heavy atom. The normalized spacial score (nSPS) is 34.0. The third-order valence-corrected chi connectivity index (χ3v) is 6.81. The van der Waals surface area contributed by atoms with Crippen LogP contribution < -0.4 is 0 Å². The molecule has 0 saturated heterocycles. The lowest BCUT2D eigenvalue weighted by Gasteiger charge is -2.36. The molecule has 28 heavy (non-hydrogen) atoms. The molecule has 2 saturated carbocycles. The topological polar surface area (TPSA) is 52.6 Å². The Morgan fingerprint density at radius 2 is 1.07 bits per heavy atom. The maximum absolute atomic E-state index is 12.3. The number of esters is 2.